The summed E-state index contributed by atoms with van der Waals surface area (Å²) in [4.78, 5) is 21.3. The van der Waals surface area contributed by atoms with Crippen molar-refractivity contribution in [1.82, 2.24) is 0 Å². The molecule has 0 aliphatic heterocycles. The Balaban J connectivity index is 2.24. The monoisotopic (exact) mass is 427 g/mol. The normalized spacial score (nSPS) is 10.2. The summed E-state index contributed by atoms with van der Waals surface area (Å²) in [6.45, 7) is 2.44. The molecule has 23 heavy (non-hydrogen) atoms. The highest BCUT2D eigenvalue weighted by Crippen LogP contribution is 2.34. The van der Waals surface area contributed by atoms with E-state index in [-0.39, 0.29) is 12.3 Å². The molecule has 0 bridgehead atoms. The maximum absolute atomic E-state index is 10.9. The molecule has 0 atom stereocenters. The Hall–Kier alpha value is -2.16. The molecule has 0 amide bonds. The largest absolute Gasteiger partial charge is 0.490 e. The number of nitrogens with zero attached hydrogens (tertiary/aromatic N) is 1. The highest BCUT2D eigenvalue weighted by atomic mass is 127. The van der Waals surface area contributed by atoms with Crippen molar-refractivity contribution < 1.29 is 19.2 Å². The zero-order valence-corrected chi connectivity index (χ0v) is 14.5. The van der Waals surface area contributed by atoms with Crippen LogP contribution in [0.4, 0.5) is 5.69 Å². The van der Waals surface area contributed by atoms with Gasteiger partial charge in [0.25, 0.3) is 5.69 Å². The Morgan fingerprint density at radius 2 is 2.04 bits per heavy atom. The van der Waals surface area contributed by atoms with Crippen LogP contribution in [0.2, 0.25) is 0 Å². The van der Waals surface area contributed by atoms with E-state index in [1.54, 1.807) is 24.3 Å². The number of rotatable bonds is 7. The minimum Gasteiger partial charge on any atom is -0.490 e. The predicted molar refractivity (Wildman–Crippen MR) is 93.1 cm³/mol. The molecule has 2 rings (SSSR count). The molecule has 0 heterocycles. The van der Waals surface area contributed by atoms with Crippen molar-refractivity contribution >= 4 is 34.6 Å². The van der Waals surface area contributed by atoms with E-state index in [1.165, 1.54) is 12.1 Å². The first-order valence-corrected chi connectivity index (χ1v) is 7.90. The number of hydrogen-bond donors (Lipinski definition) is 0. The van der Waals surface area contributed by atoms with Crippen molar-refractivity contribution in [1.29, 1.82) is 0 Å². The zero-order chi connectivity index (χ0) is 16.8. The van der Waals surface area contributed by atoms with Crippen molar-refractivity contribution in [3.63, 3.8) is 0 Å². The van der Waals surface area contributed by atoms with Gasteiger partial charge in [0.15, 0.2) is 11.5 Å². The number of carbonyl (C=O) groups excluding carboxylic acids is 1. The van der Waals surface area contributed by atoms with Crippen LogP contribution in [-0.4, -0.2) is 17.8 Å². The van der Waals surface area contributed by atoms with E-state index < -0.39 is 4.92 Å². The van der Waals surface area contributed by atoms with Crippen molar-refractivity contribution in [2.75, 3.05) is 6.61 Å². The first-order valence-electron chi connectivity index (χ1n) is 6.82. The highest BCUT2D eigenvalue weighted by Gasteiger charge is 2.13. The maximum atomic E-state index is 10.9. The molecule has 2 aromatic carbocycles. The molecule has 120 valence electrons. The summed E-state index contributed by atoms with van der Waals surface area (Å²) in [5, 5.41) is 10.8. The molecule has 0 aliphatic carbocycles. The van der Waals surface area contributed by atoms with Crippen LogP contribution < -0.4 is 9.47 Å². The summed E-state index contributed by atoms with van der Waals surface area (Å²) in [6, 6.07) is 9.56. The second kappa shape index (κ2) is 7.91. The molecule has 6 nitrogen and oxygen atoms in total. The number of hydrogen-bond acceptors (Lipinski definition) is 5. The van der Waals surface area contributed by atoms with E-state index in [9.17, 15) is 14.9 Å². The highest BCUT2D eigenvalue weighted by molar-refractivity contribution is 14.1. The molecule has 0 radical (unpaired) electrons. The topological polar surface area (TPSA) is 78.7 Å². The lowest BCUT2D eigenvalue weighted by Gasteiger charge is -2.14. The Bertz CT molecular complexity index is 732. The predicted octanol–water partition coefficient (Wildman–Crippen LogP) is 3.99. The Morgan fingerprint density at radius 3 is 2.70 bits per heavy atom. The number of carbonyl (C=O) groups is 1. The third-order valence-corrected chi connectivity index (χ3v) is 3.77. The van der Waals surface area contributed by atoms with Gasteiger partial charge in [0.2, 0.25) is 0 Å². The second-order valence-electron chi connectivity index (χ2n) is 4.60. The molecule has 0 N–H and O–H groups in total. The summed E-state index contributed by atoms with van der Waals surface area (Å²) in [7, 11) is 0. The van der Waals surface area contributed by atoms with E-state index in [1.807, 2.05) is 6.92 Å². The molecular weight excluding hydrogens is 413 g/mol. The van der Waals surface area contributed by atoms with Crippen LogP contribution in [0.1, 0.15) is 22.8 Å². The molecule has 0 fully saturated rings. The summed E-state index contributed by atoms with van der Waals surface area (Å²) in [6.07, 6.45) is 0.745. The molecule has 0 aliphatic rings. The van der Waals surface area contributed by atoms with E-state index in [2.05, 4.69) is 22.6 Å². The number of ether oxygens (including phenoxy) is 2. The smallest absolute Gasteiger partial charge is 0.269 e. The van der Waals surface area contributed by atoms with Crippen LogP contribution in [0.3, 0.4) is 0 Å². The van der Waals surface area contributed by atoms with Crippen LogP contribution in [0.25, 0.3) is 0 Å². The third kappa shape index (κ3) is 4.41. The van der Waals surface area contributed by atoms with Gasteiger partial charge in [-0.05, 0) is 47.2 Å². The van der Waals surface area contributed by atoms with Gasteiger partial charge in [-0.15, -0.1) is 0 Å². The maximum Gasteiger partial charge on any atom is 0.269 e. The first-order chi connectivity index (χ1) is 11.0. The Labute approximate surface area is 146 Å². The fourth-order valence-electron chi connectivity index (χ4n) is 1.97. The van der Waals surface area contributed by atoms with Crippen LogP contribution in [0.15, 0.2) is 36.4 Å². The molecule has 0 saturated carbocycles. The lowest BCUT2D eigenvalue weighted by Crippen LogP contribution is -2.03. The van der Waals surface area contributed by atoms with Gasteiger partial charge < -0.3 is 9.47 Å². The standard InChI is InChI=1S/C16H14INO5/c1-2-22-15-8-12(9-19)7-14(17)16(15)23-10-11-4-3-5-13(6-11)18(20)21/h3-9H,2,10H2,1H3. The minimum atomic E-state index is -0.447. The third-order valence-electron chi connectivity index (χ3n) is 2.97. The zero-order valence-electron chi connectivity index (χ0n) is 12.3. The van der Waals surface area contributed by atoms with Crippen molar-refractivity contribution in [3.05, 3.63) is 61.2 Å². The lowest BCUT2D eigenvalue weighted by molar-refractivity contribution is -0.384. The van der Waals surface area contributed by atoms with Gasteiger partial charge >= 0.3 is 0 Å². The van der Waals surface area contributed by atoms with Gasteiger partial charge in [-0.3, -0.25) is 14.9 Å². The van der Waals surface area contributed by atoms with Crippen molar-refractivity contribution in [2.24, 2.45) is 0 Å². The van der Waals surface area contributed by atoms with E-state index in [0.29, 0.717) is 29.2 Å². The fourth-order valence-corrected chi connectivity index (χ4v) is 2.76. The van der Waals surface area contributed by atoms with Crippen molar-refractivity contribution in [2.45, 2.75) is 13.5 Å². The number of aldehydes is 1. The summed E-state index contributed by atoms with van der Waals surface area (Å²) < 4.78 is 12.0. The molecule has 0 saturated heterocycles. The van der Waals surface area contributed by atoms with Gasteiger partial charge in [-0.25, -0.2) is 0 Å². The van der Waals surface area contributed by atoms with Gasteiger partial charge in [0.1, 0.15) is 12.9 Å². The molecule has 7 heteroatoms. The van der Waals surface area contributed by atoms with Gasteiger partial charge in [0, 0.05) is 17.7 Å². The van der Waals surface area contributed by atoms with E-state index in [0.717, 1.165) is 9.86 Å². The van der Waals surface area contributed by atoms with Crippen molar-refractivity contribution in [3.8, 4) is 11.5 Å². The summed E-state index contributed by atoms with van der Waals surface area (Å²) in [5.74, 6) is 0.997. The van der Waals surface area contributed by atoms with Crippen LogP contribution in [0.5, 0.6) is 11.5 Å². The number of nitro benzene ring substituents is 1. The Kier molecular flexibility index (Phi) is 5.91. The average molecular weight is 427 g/mol. The minimum absolute atomic E-state index is 0.0159. The van der Waals surface area contributed by atoms with Gasteiger partial charge in [0.05, 0.1) is 15.1 Å². The number of benzene rings is 2. The van der Waals surface area contributed by atoms with E-state index in [4.69, 9.17) is 9.47 Å². The first kappa shape index (κ1) is 17.2. The summed E-state index contributed by atoms with van der Waals surface area (Å²) in [5.41, 5.74) is 1.19. The molecular formula is C16H14INO5. The van der Waals surface area contributed by atoms with Crippen LogP contribution >= 0.6 is 22.6 Å². The number of halogens is 1. The SMILES string of the molecule is CCOc1cc(C=O)cc(I)c1OCc1cccc([N+](=O)[O-])c1. The Morgan fingerprint density at radius 1 is 1.26 bits per heavy atom. The average Bonchev–Trinajstić information content (AvgIpc) is 2.54. The van der Waals surface area contributed by atoms with Gasteiger partial charge in [-0.2, -0.15) is 0 Å². The molecule has 0 spiro atoms. The number of nitro groups is 1. The van der Waals surface area contributed by atoms with Crippen LogP contribution in [0, 0.1) is 13.7 Å². The van der Waals surface area contributed by atoms with E-state index >= 15 is 0 Å². The molecule has 0 aromatic heterocycles. The molecule has 0 unspecified atom stereocenters. The fraction of sp³-hybridized carbons (Fsp3) is 0.188. The van der Waals surface area contributed by atoms with Crippen LogP contribution in [-0.2, 0) is 6.61 Å². The lowest BCUT2D eigenvalue weighted by atomic mass is 10.2. The second-order valence-corrected chi connectivity index (χ2v) is 5.76. The quantitative estimate of drug-likeness (QED) is 0.289. The molecule has 2 aromatic rings. The summed E-state index contributed by atoms with van der Waals surface area (Å²) >= 11 is 2.06. The van der Waals surface area contributed by atoms with Gasteiger partial charge in [-0.1, -0.05) is 12.1 Å². The number of non-ortho nitro benzene ring substituents is 1.